The van der Waals surface area contributed by atoms with Crippen molar-refractivity contribution in [1.82, 2.24) is 20.5 Å². The number of aromatic nitrogens is 1. The number of carbonyl (C=O) groups is 2. The van der Waals surface area contributed by atoms with Gasteiger partial charge in [0.15, 0.2) is 5.82 Å². The average Bonchev–Trinajstić information content (AvgIpc) is 3.27. The number of nitrogens with one attached hydrogen (secondary N) is 2. The summed E-state index contributed by atoms with van der Waals surface area (Å²) in [7, 11) is 3.35. The molecule has 2 N–H and O–H groups in total. The van der Waals surface area contributed by atoms with Crippen LogP contribution < -0.4 is 10.6 Å². The lowest BCUT2D eigenvalue weighted by atomic mass is 9.79. The van der Waals surface area contributed by atoms with E-state index in [0.717, 1.165) is 41.3 Å². The number of hydrogen-bond acceptors (Lipinski definition) is 10. The van der Waals surface area contributed by atoms with Crippen molar-refractivity contribution >= 4 is 29.2 Å². The highest BCUT2D eigenvalue weighted by atomic mass is 35.5. The average molecular weight is 644 g/mol. The Morgan fingerprint density at radius 2 is 1.96 bits per heavy atom. The molecule has 0 bridgehead atoms. The number of amides is 1. The van der Waals surface area contributed by atoms with Crippen LogP contribution in [0.5, 0.6) is 0 Å². The second kappa shape index (κ2) is 16.2. The fraction of sp³-hybridized carbons (Fsp3) is 0.469. The quantitative estimate of drug-likeness (QED) is 0.147. The van der Waals surface area contributed by atoms with Crippen LogP contribution in [-0.4, -0.2) is 65.8 Å². The van der Waals surface area contributed by atoms with E-state index in [1.54, 1.807) is 33.3 Å². The van der Waals surface area contributed by atoms with Crippen molar-refractivity contribution < 1.29 is 28.7 Å². The van der Waals surface area contributed by atoms with E-state index in [1.165, 1.54) is 0 Å². The summed E-state index contributed by atoms with van der Waals surface area (Å²) in [6.07, 6.45) is 4.86. The lowest BCUT2D eigenvalue weighted by Gasteiger charge is -2.37. The molecule has 0 radical (unpaired) electrons. The Morgan fingerprint density at radius 1 is 1.24 bits per heavy atom. The highest BCUT2D eigenvalue weighted by Crippen LogP contribution is 2.44. The maximum atomic E-state index is 13.0. The first-order valence-corrected chi connectivity index (χ1v) is 15.2. The largest absolute Gasteiger partial charge is 0.513 e. The van der Waals surface area contributed by atoms with Crippen LogP contribution in [0, 0.1) is 24.0 Å². The van der Waals surface area contributed by atoms with Gasteiger partial charge in [0.25, 0.3) is 12.1 Å². The summed E-state index contributed by atoms with van der Waals surface area (Å²) in [6, 6.07) is 9.47. The summed E-state index contributed by atoms with van der Waals surface area (Å²) in [4.78, 5) is 41.0. The van der Waals surface area contributed by atoms with Gasteiger partial charge >= 0.3 is 6.16 Å². The third-order valence-electron chi connectivity index (χ3n) is 7.84. The molecule has 13 heteroatoms. The number of ether oxygens (including phenoxy) is 3. The third kappa shape index (κ3) is 9.18. The Hall–Kier alpha value is -4.16. The maximum Gasteiger partial charge on any atom is 0.513 e. The third-order valence-corrected chi connectivity index (χ3v) is 8.06. The lowest BCUT2D eigenvalue weighted by Crippen LogP contribution is -2.49. The molecule has 1 aromatic carbocycles. The molecule has 0 unspecified atom stereocenters. The van der Waals surface area contributed by atoms with E-state index >= 15 is 0 Å². The molecule has 0 atom stereocenters. The van der Waals surface area contributed by atoms with Crippen molar-refractivity contribution in [2.45, 2.75) is 71.6 Å². The van der Waals surface area contributed by atoms with Crippen molar-refractivity contribution in [1.29, 1.82) is 0 Å². The van der Waals surface area contributed by atoms with Crippen LogP contribution in [-0.2, 0) is 25.5 Å². The molecule has 45 heavy (non-hydrogen) atoms. The molecule has 1 aromatic heterocycles. The second-order valence-corrected chi connectivity index (χ2v) is 11.2. The van der Waals surface area contributed by atoms with E-state index in [2.05, 4.69) is 15.6 Å². The fourth-order valence-corrected chi connectivity index (χ4v) is 5.58. The van der Waals surface area contributed by atoms with Gasteiger partial charge in [0.2, 0.25) is 0 Å². The number of nitro groups is 1. The summed E-state index contributed by atoms with van der Waals surface area (Å²) < 4.78 is 16.1. The maximum absolute atomic E-state index is 13.0. The van der Waals surface area contributed by atoms with Gasteiger partial charge in [-0.2, -0.15) is 0 Å². The Bertz CT molecular complexity index is 1420. The lowest BCUT2D eigenvalue weighted by molar-refractivity contribution is -0.404. The van der Waals surface area contributed by atoms with Crippen LogP contribution in [0.4, 0.5) is 4.79 Å². The molecule has 1 spiro atoms. The molecule has 1 fully saturated rings. The Kier molecular flexibility index (Phi) is 12.7. The first-order valence-electron chi connectivity index (χ1n) is 14.9. The van der Waals surface area contributed by atoms with E-state index < -0.39 is 16.6 Å². The van der Waals surface area contributed by atoms with Crippen LogP contribution in [0.25, 0.3) is 5.57 Å². The van der Waals surface area contributed by atoms with Gasteiger partial charge in [0.05, 0.1) is 28.7 Å². The minimum absolute atomic E-state index is 0.154. The first-order chi connectivity index (χ1) is 21.5. The molecule has 12 nitrogen and oxygen atoms in total. The minimum Gasteiger partial charge on any atom is -0.434 e. The minimum atomic E-state index is -0.778. The van der Waals surface area contributed by atoms with Crippen LogP contribution in [0.2, 0.25) is 5.15 Å². The summed E-state index contributed by atoms with van der Waals surface area (Å²) in [5, 5.41) is 16.9. The van der Waals surface area contributed by atoms with Crippen LogP contribution in [0.3, 0.4) is 0 Å². The molecule has 2 heterocycles. The molecule has 1 saturated carbocycles. The Labute approximate surface area is 268 Å². The van der Waals surface area contributed by atoms with Crippen LogP contribution in [0.15, 0.2) is 54.3 Å². The van der Waals surface area contributed by atoms with E-state index in [-0.39, 0.29) is 18.6 Å². The van der Waals surface area contributed by atoms with Crippen molar-refractivity contribution in [3.05, 3.63) is 91.8 Å². The van der Waals surface area contributed by atoms with Crippen LogP contribution >= 0.6 is 11.6 Å². The number of hydrogen-bond donors (Lipinski definition) is 2. The fourth-order valence-electron chi connectivity index (χ4n) is 5.47. The standard InChI is InChI=1S/C21H27NO5.C11H15ClN4O2/c1-5-26-20(24)27-18-17(16-12-13(2)6-7-14(16)3)19(23)22-21(18)10-8-15(25-4)9-11-21;1-3-15(11(13-2)8-16(17)18)7-9-4-5-10(12)14-6-9/h6-7,12,15H,5,8-11H2,1-4H3,(H,22,23);4-6,8,13H,3,7H2,1-2H3/b;11-8+/t15-,21+;. The van der Waals surface area contributed by atoms with E-state index in [4.69, 9.17) is 25.8 Å². The predicted octanol–water partition coefficient (Wildman–Crippen LogP) is 5.50. The van der Waals surface area contributed by atoms with Gasteiger partial charge in [-0.1, -0.05) is 41.4 Å². The monoisotopic (exact) mass is 643 g/mol. The molecular formula is C32H42ClN5O7. The number of aryl methyl sites for hydroxylation is 2. The number of nitrogens with zero attached hydrogens (tertiary/aromatic N) is 3. The number of carbonyl (C=O) groups excluding carboxylic acids is 2. The van der Waals surface area contributed by atoms with Crippen molar-refractivity contribution in [2.24, 2.45) is 0 Å². The van der Waals surface area contributed by atoms with E-state index in [1.807, 2.05) is 49.9 Å². The smallest absolute Gasteiger partial charge is 0.434 e. The molecule has 4 rings (SSSR count). The van der Waals surface area contributed by atoms with Crippen LogP contribution in [0.1, 0.15) is 61.8 Å². The summed E-state index contributed by atoms with van der Waals surface area (Å²) in [5.41, 5.74) is 3.46. The zero-order chi connectivity index (χ0) is 33.1. The second-order valence-electron chi connectivity index (χ2n) is 10.8. The highest BCUT2D eigenvalue weighted by Gasteiger charge is 2.50. The Balaban J connectivity index is 0.000000268. The molecular weight excluding hydrogens is 602 g/mol. The van der Waals surface area contributed by atoms with Gasteiger partial charge in [0.1, 0.15) is 10.9 Å². The van der Waals surface area contributed by atoms with Gasteiger partial charge < -0.3 is 29.7 Å². The predicted molar refractivity (Wildman–Crippen MR) is 171 cm³/mol. The van der Waals surface area contributed by atoms with Gasteiger partial charge in [-0.05, 0) is 76.1 Å². The molecule has 244 valence electrons. The first kappa shape index (κ1) is 35.3. The van der Waals surface area contributed by atoms with Crippen molar-refractivity contribution in [2.75, 3.05) is 27.3 Å². The molecule has 1 aliphatic heterocycles. The van der Waals surface area contributed by atoms with E-state index in [0.29, 0.717) is 48.2 Å². The SMILES string of the molecule is CCN(Cc1ccc(Cl)nc1)/C(=C/[N+](=O)[O-])NC.CCOC(=O)OC1=C(c2cc(C)ccc2C)C(=O)N[C@]12CC[C@@H](OC)CC2. The summed E-state index contributed by atoms with van der Waals surface area (Å²) in [6.45, 7) is 8.95. The Morgan fingerprint density at radius 3 is 2.51 bits per heavy atom. The highest BCUT2D eigenvalue weighted by molar-refractivity contribution is 6.29. The number of benzene rings is 1. The molecule has 1 aliphatic carbocycles. The molecule has 2 aromatic rings. The molecule has 1 amide bonds. The molecule has 0 saturated heterocycles. The normalized spacial score (nSPS) is 19.4. The summed E-state index contributed by atoms with van der Waals surface area (Å²) in [5.74, 6) is 0.630. The van der Waals surface area contributed by atoms with Gasteiger partial charge in [-0.15, -0.1) is 0 Å². The van der Waals surface area contributed by atoms with Gasteiger partial charge in [-0.25, -0.2) is 9.78 Å². The zero-order valence-electron chi connectivity index (χ0n) is 26.6. The van der Waals surface area contributed by atoms with E-state index in [9.17, 15) is 19.7 Å². The number of rotatable bonds is 10. The summed E-state index contributed by atoms with van der Waals surface area (Å²) >= 11 is 5.70. The van der Waals surface area contributed by atoms with Crippen molar-refractivity contribution in [3.8, 4) is 0 Å². The van der Waals surface area contributed by atoms with Gasteiger partial charge in [-0.3, -0.25) is 14.9 Å². The topological polar surface area (TPSA) is 145 Å². The van der Waals surface area contributed by atoms with Gasteiger partial charge in [0, 0.05) is 33.4 Å². The number of methoxy groups -OCH3 is 1. The zero-order valence-corrected chi connectivity index (χ0v) is 27.4. The molecule has 2 aliphatic rings. The van der Waals surface area contributed by atoms with Crippen molar-refractivity contribution in [3.63, 3.8) is 0 Å². The number of halogens is 1. The number of pyridine rings is 1.